The fourth-order valence-electron chi connectivity index (χ4n) is 2.88. The van der Waals surface area contributed by atoms with Crippen LogP contribution in [0.2, 0.25) is 0 Å². The number of hydrogen-bond donors (Lipinski definition) is 1. The molecule has 0 spiro atoms. The van der Waals surface area contributed by atoms with Crippen LogP contribution in [0.15, 0.2) is 17.4 Å². The summed E-state index contributed by atoms with van der Waals surface area (Å²) in [5, 5.41) is 8.70. The van der Waals surface area contributed by atoms with Crippen LogP contribution >= 0.6 is 11.5 Å². The van der Waals surface area contributed by atoms with Gasteiger partial charge in [-0.25, -0.2) is 4.98 Å². The normalized spacial score (nSPS) is 15.7. The van der Waals surface area contributed by atoms with E-state index in [4.69, 9.17) is 0 Å². The van der Waals surface area contributed by atoms with Crippen LogP contribution in [0.25, 0.3) is 0 Å². The van der Waals surface area contributed by atoms with Crippen molar-refractivity contribution < 1.29 is 0 Å². The SMILES string of the molecule is CCc1nsc(N2CCN(C(=NC)NCCc3cnn(C)c3)CC2)n1. The predicted octanol–water partition coefficient (Wildman–Crippen LogP) is 0.774. The first-order chi connectivity index (χ1) is 12.2. The van der Waals surface area contributed by atoms with E-state index in [1.54, 1.807) is 0 Å². The van der Waals surface area contributed by atoms with Crippen LogP contribution < -0.4 is 10.2 Å². The van der Waals surface area contributed by atoms with E-state index in [2.05, 4.69) is 47.7 Å². The number of piperazine rings is 1. The van der Waals surface area contributed by atoms with E-state index < -0.39 is 0 Å². The Hall–Kier alpha value is -2.16. The van der Waals surface area contributed by atoms with Gasteiger partial charge in [0, 0.05) is 71.0 Å². The second-order valence-corrected chi connectivity index (χ2v) is 6.80. The van der Waals surface area contributed by atoms with Crippen LogP contribution in [0.3, 0.4) is 0 Å². The van der Waals surface area contributed by atoms with E-state index in [1.165, 1.54) is 17.1 Å². The highest BCUT2D eigenvalue weighted by molar-refractivity contribution is 7.09. The molecule has 0 bridgehead atoms. The Morgan fingerprint density at radius 1 is 1.32 bits per heavy atom. The fraction of sp³-hybridized carbons (Fsp3) is 0.625. The maximum atomic E-state index is 4.59. The molecule has 3 heterocycles. The van der Waals surface area contributed by atoms with Crippen molar-refractivity contribution >= 4 is 22.6 Å². The number of nitrogens with one attached hydrogen (secondary N) is 1. The van der Waals surface area contributed by atoms with Crippen LogP contribution in [0.5, 0.6) is 0 Å². The average molecular weight is 363 g/mol. The summed E-state index contributed by atoms with van der Waals surface area (Å²) >= 11 is 1.50. The molecule has 1 saturated heterocycles. The highest BCUT2D eigenvalue weighted by Crippen LogP contribution is 2.19. The van der Waals surface area contributed by atoms with Crippen molar-refractivity contribution in [3.05, 3.63) is 23.8 Å². The number of guanidine groups is 1. The molecule has 0 unspecified atom stereocenters. The molecule has 8 nitrogen and oxygen atoms in total. The van der Waals surface area contributed by atoms with Crippen LogP contribution in [0, 0.1) is 0 Å². The van der Waals surface area contributed by atoms with Gasteiger partial charge in [-0.2, -0.15) is 9.47 Å². The summed E-state index contributed by atoms with van der Waals surface area (Å²) in [7, 11) is 3.79. The highest BCUT2D eigenvalue weighted by Gasteiger charge is 2.21. The number of hydrogen-bond acceptors (Lipinski definition) is 6. The third-order valence-electron chi connectivity index (χ3n) is 4.29. The summed E-state index contributed by atoms with van der Waals surface area (Å²) in [5.74, 6) is 1.91. The molecule has 0 radical (unpaired) electrons. The zero-order chi connectivity index (χ0) is 17.6. The van der Waals surface area contributed by atoms with Crippen molar-refractivity contribution in [2.24, 2.45) is 12.0 Å². The summed E-state index contributed by atoms with van der Waals surface area (Å²) in [6.45, 7) is 6.71. The molecule has 1 aliphatic heterocycles. The topological polar surface area (TPSA) is 74.5 Å². The Balaban J connectivity index is 1.46. The Kier molecular flexibility index (Phi) is 5.85. The van der Waals surface area contributed by atoms with Crippen molar-refractivity contribution in [2.45, 2.75) is 19.8 Å². The second-order valence-electron chi connectivity index (χ2n) is 6.07. The average Bonchev–Trinajstić information content (AvgIpc) is 3.28. The van der Waals surface area contributed by atoms with E-state index in [0.717, 1.165) is 62.5 Å². The number of aryl methyl sites for hydroxylation is 2. The first-order valence-electron chi connectivity index (χ1n) is 8.70. The Bertz CT molecular complexity index is 699. The molecule has 0 aliphatic carbocycles. The van der Waals surface area contributed by atoms with Crippen LogP contribution in [0.4, 0.5) is 5.13 Å². The van der Waals surface area contributed by atoms with Gasteiger partial charge in [-0.05, 0) is 12.0 Å². The zero-order valence-corrected chi connectivity index (χ0v) is 16.0. The van der Waals surface area contributed by atoms with Gasteiger partial charge >= 0.3 is 0 Å². The van der Waals surface area contributed by atoms with E-state index in [-0.39, 0.29) is 0 Å². The monoisotopic (exact) mass is 362 g/mol. The molecule has 0 aromatic carbocycles. The van der Waals surface area contributed by atoms with Gasteiger partial charge in [0.15, 0.2) is 5.96 Å². The van der Waals surface area contributed by atoms with Crippen LogP contribution in [-0.4, -0.2) is 69.8 Å². The van der Waals surface area contributed by atoms with Crippen LogP contribution in [-0.2, 0) is 19.9 Å². The van der Waals surface area contributed by atoms with E-state index >= 15 is 0 Å². The van der Waals surface area contributed by atoms with Gasteiger partial charge in [0.05, 0.1) is 6.20 Å². The maximum absolute atomic E-state index is 4.59. The summed E-state index contributed by atoms with van der Waals surface area (Å²) in [5.41, 5.74) is 1.23. The minimum absolute atomic E-state index is 0.856. The standard InChI is InChI=1S/C16H26N8S/c1-4-14-20-16(25-21-14)24-9-7-23(8-10-24)15(17-2)18-6-5-13-11-19-22(3)12-13/h11-12H,4-10H2,1-3H3,(H,17,18). The lowest BCUT2D eigenvalue weighted by atomic mass is 10.2. The first kappa shape index (κ1) is 17.7. The number of aliphatic imine (C=N–C) groups is 1. The lowest BCUT2D eigenvalue weighted by Gasteiger charge is -2.36. The van der Waals surface area contributed by atoms with Crippen molar-refractivity contribution in [3.63, 3.8) is 0 Å². The van der Waals surface area contributed by atoms with Gasteiger partial charge in [0.25, 0.3) is 0 Å². The smallest absolute Gasteiger partial charge is 0.205 e. The number of aromatic nitrogens is 4. The first-order valence-corrected chi connectivity index (χ1v) is 9.47. The van der Waals surface area contributed by atoms with Crippen molar-refractivity contribution in [1.82, 2.24) is 29.4 Å². The molecule has 1 N–H and O–H groups in total. The van der Waals surface area contributed by atoms with Crippen LogP contribution in [0.1, 0.15) is 18.3 Å². The molecule has 25 heavy (non-hydrogen) atoms. The molecular weight excluding hydrogens is 336 g/mol. The minimum atomic E-state index is 0.856. The largest absolute Gasteiger partial charge is 0.356 e. The maximum Gasteiger partial charge on any atom is 0.205 e. The molecular formula is C16H26N8S. The summed E-state index contributed by atoms with van der Waals surface area (Å²) in [6.07, 6.45) is 5.80. The van der Waals surface area contributed by atoms with Crippen molar-refractivity contribution in [2.75, 3.05) is 44.7 Å². The minimum Gasteiger partial charge on any atom is -0.356 e. The van der Waals surface area contributed by atoms with Gasteiger partial charge in [-0.15, -0.1) is 0 Å². The number of anilines is 1. The van der Waals surface area contributed by atoms with E-state index in [9.17, 15) is 0 Å². The van der Waals surface area contributed by atoms with Gasteiger partial charge in [-0.3, -0.25) is 9.67 Å². The van der Waals surface area contributed by atoms with Gasteiger partial charge < -0.3 is 15.1 Å². The molecule has 0 saturated carbocycles. The number of rotatable bonds is 5. The molecule has 2 aromatic heterocycles. The fourth-order valence-corrected chi connectivity index (χ4v) is 3.68. The molecule has 9 heteroatoms. The van der Waals surface area contributed by atoms with Gasteiger partial charge in [0.1, 0.15) is 5.82 Å². The van der Waals surface area contributed by atoms with E-state index in [0.29, 0.717) is 0 Å². The summed E-state index contributed by atoms with van der Waals surface area (Å²) in [6, 6.07) is 0. The summed E-state index contributed by atoms with van der Waals surface area (Å²) < 4.78 is 6.22. The molecule has 0 amide bonds. The van der Waals surface area contributed by atoms with E-state index in [1.807, 2.05) is 25.0 Å². The number of nitrogens with zero attached hydrogens (tertiary/aromatic N) is 7. The third kappa shape index (κ3) is 4.47. The third-order valence-corrected chi connectivity index (χ3v) is 5.11. The van der Waals surface area contributed by atoms with Gasteiger partial charge in [-0.1, -0.05) is 6.92 Å². The Labute approximate surface area is 152 Å². The zero-order valence-electron chi connectivity index (χ0n) is 15.1. The highest BCUT2D eigenvalue weighted by atomic mass is 32.1. The molecule has 1 fully saturated rings. The molecule has 2 aromatic rings. The molecule has 136 valence electrons. The Morgan fingerprint density at radius 2 is 2.12 bits per heavy atom. The predicted molar refractivity (Wildman–Crippen MR) is 101 cm³/mol. The summed E-state index contributed by atoms with van der Waals surface area (Å²) in [4.78, 5) is 13.6. The molecule has 1 aliphatic rings. The Morgan fingerprint density at radius 3 is 2.72 bits per heavy atom. The van der Waals surface area contributed by atoms with Crippen molar-refractivity contribution in [3.8, 4) is 0 Å². The van der Waals surface area contributed by atoms with Gasteiger partial charge in [0.2, 0.25) is 5.13 Å². The quantitative estimate of drug-likeness (QED) is 0.626. The molecule has 3 rings (SSSR count). The molecule has 0 atom stereocenters. The lowest BCUT2D eigenvalue weighted by molar-refractivity contribution is 0.372. The second kappa shape index (κ2) is 8.28. The van der Waals surface area contributed by atoms with Crippen molar-refractivity contribution in [1.29, 1.82) is 0 Å². The lowest BCUT2D eigenvalue weighted by Crippen LogP contribution is -2.52.